The summed E-state index contributed by atoms with van der Waals surface area (Å²) < 4.78 is 0. The lowest BCUT2D eigenvalue weighted by Gasteiger charge is -1.97. The quantitative estimate of drug-likeness (QED) is 0.633. The number of hydrogen-bond acceptors (Lipinski definition) is 0. The molecular formula is C13H14. The molecule has 0 heteroatoms. The fourth-order valence-electron chi connectivity index (χ4n) is 1.66. The zero-order valence-electron chi connectivity index (χ0n) is 7.96. The van der Waals surface area contributed by atoms with Crippen molar-refractivity contribution in [2.45, 2.75) is 19.8 Å². The van der Waals surface area contributed by atoms with Crippen LogP contribution in [0.5, 0.6) is 0 Å². The van der Waals surface area contributed by atoms with Crippen molar-refractivity contribution in [2.75, 3.05) is 0 Å². The van der Waals surface area contributed by atoms with Crippen LogP contribution in [0.4, 0.5) is 0 Å². The summed E-state index contributed by atoms with van der Waals surface area (Å²) >= 11 is 0. The zero-order chi connectivity index (χ0) is 9.10. The summed E-state index contributed by atoms with van der Waals surface area (Å²) in [6.45, 7) is 2.22. The van der Waals surface area contributed by atoms with Crippen molar-refractivity contribution in [3.8, 4) is 0 Å². The maximum absolute atomic E-state index is 2.31. The summed E-state index contributed by atoms with van der Waals surface area (Å²) in [6, 6.07) is 10.6. The fraction of sp³-hybridized carbons (Fsp3) is 0.231. The molecule has 0 fully saturated rings. The van der Waals surface area contributed by atoms with Gasteiger partial charge >= 0.3 is 0 Å². The summed E-state index contributed by atoms with van der Waals surface area (Å²) in [5.41, 5.74) is 4.27. The SMILES string of the molecule is CCC1=CC(c2ccccc2)=CC1. The van der Waals surface area contributed by atoms with Gasteiger partial charge in [0.15, 0.2) is 0 Å². The summed E-state index contributed by atoms with van der Waals surface area (Å²) in [6.07, 6.45) is 6.94. The van der Waals surface area contributed by atoms with Gasteiger partial charge in [-0.1, -0.05) is 55.0 Å². The summed E-state index contributed by atoms with van der Waals surface area (Å²) in [4.78, 5) is 0. The molecule has 0 N–H and O–H groups in total. The molecule has 0 amide bonds. The molecule has 0 atom stereocenters. The highest BCUT2D eigenvalue weighted by Gasteiger charge is 2.05. The van der Waals surface area contributed by atoms with Crippen LogP contribution in [0.1, 0.15) is 25.3 Å². The van der Waals surface area contributed by atoms with Crippen LogP contribution in [0, 0.1) is 0 Å². The Balaban J connectivity index is 2.25. The molecule has 1 aromatic rings. The first kappa shape index (κ1) is 8.31. The molecule has 0 spiro atoms. The van der Waals surface area contributed by atoms with E-state index in [1.165, 1.54) is 17.6 Å². The lowest BCUT2D eigenvalue weighted by molar-refractivity contribution is 1.05. The standard InChI is InChI=1S/C13H14/c1-2-11-8-9-13(10-11)12-6-4-3-5-7-12/h3-7,9-10H,2,8H2,1H3. The van der Waals surface area contributed by atoms with Crippen molar-refractivity contribution >= 4 is 5.57 Å². The number of hydrogen-bond donors (Lipinski definition) is 0. The van der Waals surface area contributed by atoms with E-state index >= 15 is 0 Å². The third-order valence-corrected chi connectivity index (χ3v) is 2.51. The smallest absolute Gasteiger partial charge is 0.0126 e. The lowest BCUT2D eigenvalue weighted by atomic mass is 10.1. The predicted molar refractivity (Wildman–Crippen MR) is 57.4 cm³/mol. The minimum Gasteiger partial charge on any atom is -0.0726 e. The second-order valence-corrected chi connectivity index (χ2v) is 3.39. The highest BCUT2D eigenvalue weighted by Crippen LogP contribution is 2.27. The largest absolute Gasteiger partial charge is 0.0726 e. The minimum absolute atomic E-state index is 1.14. The number of benzene rings is 1. The second kappa shape index (κ2) is 3.61. The Hall–Kier alpha value is -1.30. The summed E-state index contributed by atoms with van der Waals surface area (Å²) in [5, 5.41) is 0. The second-order valence-electron chi connectivity index (χ2n) is 3.39. The third-order valence-electron chi connectivity index (χ3n) is 2.51. The van der Waals surface area contributed by atoms with Crippen LogP contribution in [0.3, 0.4) is 0 Å². The van der Waals surface area contributed by atoms with Gasteiger partial charge in [0.05, 0.1) is 0 Å². The van der Waals surface area contributed by atoms with E-state index in [1.807, 2.05) is 0 Å². The van der Waals surface area contributed by atoms with Crippen molar-refractivity contribution in [1.82, 2.24) is 0 Å². The summed E-state index contributed by atoms with van der Waals surface area (Å²) in [7, 11) is 0. The van der Waals surface area contributed by atoms with Crippen molar-refractivity contribution < 1.29 is 0 Å². The Kier molecular flexibility index (Phi) is 2.31. The van der Waals surface area contributed by atoms with Gasteiger partial charge in [-0.15, -0.1) is 0 Å². The van der Waals surface area contributed by atoms with Crippen molar-refractivity contribution in [3.05, 3.63) is 53.6 Å². The Morgan fingerprint density at radius 3 is 2.54 bits per heavy atom. The first-order chi connectivity index (χ1) is 6.40. The average Bonchev–Trinajstić information content (AvgIpc) is 2.67. The van der Waals surface area contributed by atoms with E-state index in [2.05, 4.69) is 49.4 Å². The molecular weight excluding hydrogens is 156 g/mol. The van der Waals surface area contributed by atoms with Crippen LogP contribution in [-0.4, -0.2) is 0 Å². The Labute approximate surface area is 79.6 Å². The molecule has 0 aliphatic heterocycles. The first-order valence-corrected chi connectivity index (χ1v) is 4.85. The van der Waals surface area contributed by atoms with E-state index in [4.69, 9.17) is 0 Å². The Morgan fingerprint density at radius 2 is 1.92 bits per heavy atom. The molecule has 1 aliphatic carbocycles. The van der Waals surface area contributed by atoms with Gasteiger partial charge in [0.1, 0.15) is 0 Å². The van der Waals surface area contributed by atoms with Gasteiger partial charge < -0.3 is 0 Å². The van der Waals surface area contributed by atoms with E-state index in [9.17, 15) is 0 Å². The normalized spacial score (nSPS) is 15.5. The average molecular weight is 170 g/mol. The first-order valence-electron chi connectivity index (χ1n) is 4.85. The molecule has 0 bridgehead atoms. The Morgan fingerprint density at radius 1 is 1.15 bits per heavy atom. The maximum Gasteiger partial charge on any atom is -0.0126 e. The molecule has 13 heavy (non-hydrogen) atoms. The van der Waals surface area contributed by atoms with Crippen LogP contribution in [0.15, 0.2) is 48.1 Å². The molecule has 0 unspecified atom stereocenters. The van der Waals surface area contributed by atoms with Crippen LogP contribution in [0.2, 0.25) is 0 Å². The van der Waals surface area contributed by atoms with Crippen LogP contribution in [-0.2, 0) is 0 Å². The fourth-order valence-corrected chi connectivity index (χ4v) is 1.66. The van der Waals surface area contributed by atoms with Crippen LogP contribution in [0.25, 0.3) is 5.57 Å². The van der Waals surface area contributed by atoms with E-state index in [-0.39, 0.29) is 0 Å². The lowest BCUT2D eigenvalue weighted by Crippen LogP contribution is -1.76. The van der Waals surface area contributed by atoms with E-state index in [1.54, 1.807) is 5.57 Å². The van der Waals surface area contributed by atoms with Gasteiger partial charge in [0, 0.05) is 0 Å². The predicted octanol–water partition coefficient (Wildman–Crippen LogP) is 3.81. The molecule has 0 aromatic heterocycles. The maximum atomic E-state index is 2.31. The molecule has 0 saturated carbocycles. The van der Waals surface area contributed by atoms with E-state index < -0.39 is 0 Å². The highest BCUT2D eigenvalue weighted by molar-refractivity contribution is 5.77. The molecule has 0 nitrogen and oxygen atoms in total. The monoisotopic (exact) mass is 170 g/mol. The van der Waals surface area contributed by atoms with Crippen molar-refractivity contribution in [1.29, 1.82) is 0 Å². The number of rotatable bonds is 2. The van der Waals surface area contributed by atoms with Gasteiger partial charge in [-0.05, 0) is 24.0 Å². The van der Waals surface area contributed by atoms with Gasteiger partial charge in [-0.25, -0.2) is 0 Å². The minimum atomic E-state index is 1.14. The topological polar surface area (TPSA) is 0 Å². The van der Waals surface area contributed by atoms with Gasteiger partial charge in [0.25, 0.3) is 0 Å². The molecule has 0 radical (unpaired) electrons. The molecule has 66 valence electrons. The van der Waals surface area contributed by atoms with E-state index in [0.717, 1.165) is 6.42 Å². The summed E-state index contributed by atoms with van der Waals surface area (Å²) in [5.74, 6) is 0. The zero-order valence-corrected chi connectivity index (χ0v) is 7.96. The molecule has 1 aliphatic rings. The van der Waals surface area contributed by atoms with Crippen LogP contribution < -0.4 is 0 Å². The van der Waals surface area contributed by atoms with E-state index in [0.29, 0.717) is 0 Å². The van der Waals surface area contributed by atoms with Crippen molar-refractivity contribution in [2.24, 2.45) is 0 Å². The van der Waals surface area contributed by atoms with Crippen LogP contribution >= 0.6 is 0 Å². The third kappa shape index (κ3) is 1.72. The van der Waals surface area contributed by atoms with Crippen molar-refractivity contribution in [3.63, 3.8) is 0 Å². The van der Waals surface area contributed by atoms with Gasteiger partial charge in [-0.2, -0.15) is 0 Å². The molecule has 1 aromatic carbocycles. The number of allylic oxidation sites excluding steroid dienone is 4. The van der Waals surface area contributed by atoms with Gasteiger partial charge in [0.2, 0.25) is 0 Å². The molecule has 0 saturated heterocycles. The molecule has 0 heterocycles. The van der Waals surface area contributed by atoms with Gasteiger partial charge in [-0.3, -0.25) is 0 Å². The molecule has 2 rings (SSSR count). The Bertz CT molecular complexity index is 342. The highest BCUT2D eigenvalue weighted by atomic mass is 14.1.